The van der Waals surface area contributed by atoms with Crippen molar-refractivity contribution in [1.82, 2.24) is 0 Å². The molecule has 0 amide bonds. The number of carbonyl (C=O) groups excluding carboxylic acids is 1. The van der Waals surface area contributed by atoms with E-state index in [9.17, 15) is 4.79 Å². The predicted molar refractivity (Wildman–Crippen MR) is 84.2 cm³/mol. The van der Waals surface area contributed by atoms with Gasteiger partial charge in [0.2, 0.25) is 0 Å². The summed E-state index contributed by atoms with van der Waals surface area (Å²) in [5.74, 6) is 0.932. The molecule has 0 aliphatic rings. The Kier molecular flexibility index (Phi) is 5.14. The lowest BCUT2D eigenvalue weighted by Gasteiger charge is -2.07. The van der Waals surface area contributed by atoms with Crippen molar-refractivity contribution in [2.45, 2.75) is 0 Å². The summed E-state index contributed by atoms with van der Waals surface area (Å²) in [6.07, 6.45) is 0. The largest absolute Gasteiger partial charge is 0.497 e. The zero-order chi connectivity index (χ0) is 15.9. The first-order valence-corrected chi connectivity index (χ1v) is 6.63. The minimum Gasteiger partial charge on any atom is -0.497 e. The van der Waals surface area contributed by atoms with Crippen molar-refractivity contribution in [2.75, 3.05) is 21.3 Å². The predicted octanol–water partition coefficient (Wildman–Crippen LogP) is 3.00. The number of nitrogens with zero attached hydrogens (tertiary/aromatic N) is 1. The lowest BCUT2D eigenvalue weighted by atomic mass is 10.1. The van der Waals surface area contributed by atoms with Crippen LogP contribution in [0.15, 0.2) is 53.5 Å². The molecule has 0 aliphatic carbocycles. The lowest BCUT2D eigenvalue weighted by molar-refractivity contribution is -0.132. The van der Waals surface area contributed by atoms with Crippen LogP contribution in [-0.2, 0) is 9.53 Å². The molecule has 0 fully saturated rings. The summed E-state index contributed by atoms with van der Waals surface area (Å²) in [5, 5.41) is 0. The summed E-state index contributed by atoms with van der Waals surface area (Å²) < 4.78 is 15.0. The first-order chi connectivity index (χ1) is 10.7. The van der Waals surface area contributed by atoms with Crippen LogP contribution >= 0.6 is 0 Å². The van der Waals surface area contributed by atoms with Gasteiger partial charge < -0.3 is 14.2 Å². The van der Waals surface area contributed by atoms with Gasteiger partial charge in [-0.1, -0.05) is 0 Å². The van der Waals surface area contributed by atoms with Gasteiger partial charge in [0, 0.05) is 5.56 Å². The van der Waals surface area contributed by atoms with E-state index in [1.165, 1.54) is 7.11 Å². The third kappa shape index (κ3) is 3.63. The van der Waals surface area contributed by atoms with Gasteiger partial charge in [0.1, 0.15) is 11.5 Å². The number of hydrogen-bond acceptors (Lipinski definition) is 5. The van der Waals surface area contributed by atoms with E-state index in [0.717, 1.165) is 5.75 Å². The topological polar surface area (TPSA) is 57.1 Å². The van der Waals surface area contributed by atoms with E-state index in [2.05, 4.69) is 4.99 Å². The third-order valence-electron chi connectivity index (χ3n) is 3.06. The van der Waals surface area contributed by atoms with Crippen molar-refractivity contribution >= 4 is 17.4 Å². The van der Waals surface area contributed by atoms with Gasteiger partial charge >= 0.3 is 5.97 Å². The Labute approximate surface area is 129 Å². The second kappa shape index (κ2) is 7.26. The molecule has 0 aromatic heterocycles. The summed E-state index contributed by atoms with van der Waals surface area (Å²) in [5.41, 5.74) is 1.52. The van der Waals surface area contributed by atoms with Crippen LogP contribution in [0.25, 0.3) is 0 Å². The molecule has 5 nitrogen and oxygen atoms in total. The van der Waals surface area contributed by atoms with E-state index in [4.69, 9.17) is 14.2 Å². The maximum absolute atomic E-state index is 12.0. The van der Waals surface area contributed by atoms with Crippen molar-refractivity contribution in [1.29, 1.82) is 0 Å². The molecule has 114 valence electrons. The van der Waals surface area contributed by atoms with E-state index < -0.39 is 5.97 Å². The first kappa shape index (κ1) is 15.6. The third-order valence-corrected chi connectivity index (χ3v) is 3.06. The molecule has 2 aromatic carbocycles. The van der Waals surface area contributed by atoms with Crippen LogP contribution in [0.4, 0.5) is 5.69 Å². The molecule has 0 spiro atoms. The monoisotopic (exact) mass is 299 g/mol. The summed E-state index contributed by atoms with van der Waals surface area (Å²) in [7, 11) is 4.51. The van der Waals surface area contributed by atoms with Gasteiger partial charge in [-0.15, -0.1) is 0 Å². The normalized spacial score (nSPS) is 11.0. The molecule has 0 saturated carbocycles. The molecule has 0 saturated heterocycles. The highest BCUT2D eigenvalue weighted by molar-refractivity contribution is 6.43. The maximum Gasteiger partial charge on any atom is 0.357 e. The van der Waals surface area contributed by atoms with Crippen LogP contribution in [0.5, 0.6) is 11.5 Å². The van der Waals surface area contributed by atoms with Gasteiger partial charge in [-0.25, -0.2) is 9.79 Å². The number of ether oxygens (including phenoxy) is 3. The zero-order valence-corrected chi connectivity index (χ0v) is 12.7. The smallest absolute Gasteiger partial charge is 0.357 e. The van der Waals surface area contributed by atoms with Gasteiger partial charge in [-0.05, 0) is 48.5 Å². The molecule has 0 unspecified atom stereocenters. The summed E-state index contributed by atoms with van der Waals surface area (Å²) in [4.78, 5) is 16.4. The van der Waals surface area contributed by atoms with Gasteiger partial charge in [-0.2, -0.15) is 0 Å². The molecule has 22 heavy (non-hydrogen) atoms. The minimum absolute atomic E-state index is 0.232. The fraction of sp³-hybridized carbons (Fsp3) is 0.176. The van der Waals surface area contributed by atoms with Crippen LogP contribution in [0, 0.1) is 0 Å². The minimum atomic E-state index is -0.499. The SMILES string of the molecule is COC(=O)C(=Nc1ccc(OC)cc1)c1ccc(OC)cc1. The summed E-state index contributed by atoms with van der Waals surface area (Å²) in [6, 6.07) is 14.2. The second-order valence-electron chi connectivity index (χ2n) is 4.38. The Bertz CT molecular complexity index is 660. The molecule has 5 heteroatoms. The number of benzene rings is 2. The highest BCUT2D eigenvalue weighted by Gasteiger charge is 2.15. The van der Waals surface area contributed by atoms with Crippen LogP contribution < -0.4 is 9.47 Å². The van der Waals surface area contributed by atoms with E-state index in [-0.39, 0.29) is 5.71 Å². The quantitative estimate of drug-likeness (QED) is 0.629. The number of rotatable bonds is 5. The number of carbonyl (C=O) groups is 1. The number of methoxy groups -OCH3 is 3. The van der Waals surface area contributed by atoms with Gasteiger partial charge in [0.25, 0.3) is 0 Å². The van der Waals surface area contributed by atoms with Gasteiger partial charge in [0.05, 0.1) is 27.0 Å². The first-order valence-electron chi connectivity index (χ1n) is 6.63. The van der Waals surface area contributed by atoms with E-state index in [1.54, 1.807) is 62.8 Å². The van der Waals surface area contributed by atoms with Crippen molar-refractivity contribution in [3.05, 3.63) is 54.1 Å². The average Bonchev–Trinajstić information content (AvgIpc) is 2.59. The Morgan fingerprint density at radius 2 is 1.32 bits per heavy atom. The summed E-state index contributed by atoms with van der Waals surface area (Å²) >= 11 is 0. The Morgan fingerprint density at radius 1 is 0.818 bits per heavy atom. The molecular weight excluding hydrogens is 282 g/mol. The highest BCUT2D eigenvalue weighted by atomic mass is 16.5. The van der Waals surface area contributed by atoms with Crippen molar-refractivity contribution < 1.29 is 19.0 Å². The van der Waals surface area contributed by atoms with E-state index in [1.807, 2.05) is 0 Å². The lowest BCUT2D eigenvalue weighted by Crippen LogP contribution is -2.16. The molecule has 2 rings (SSSR count). The summed E-state index contributed by atoms with van der Waals surface area (Å²) in [6.45, 7) is 0. The molecule has 2 aromatic rings. The van der Waals surface area contributed by atoms with Crippen LogP contribution in [0.2, 0.25) is 0 Å². The average molecular weight is 299 g/mol. The van der Waals surface area contributed by atoms with E-state index in [0.29, 0.717) is 17.0 Å². The fourth-order valence-electron chi connectivity index (χ4n) is 1.86. The van der Waals surface area contributed by atoms with Crippen LogP contribution in [0.3, 0.4) is 0 Å². The van der Waals surface area contributed by atoms with Gasteiger partial charge in [0.15, 0.2) is 5.71 Å². The molecule has 0 N–H and O–H groups in total. The fourth-order valence-corrected chi connectivity index (χ4v) is 1.86. The second-order valence-corrected chi connectivity index (χ2v) is 4.38. The van der Waals surface area contributed by atoms with E-state index >= 15 is 0 Å². The molecular formula is C17H17NO4. The Morgan fingerprint density at radius 3 is 1.77 bits per heavy atom. The van der Waals surface area contributed by atoms with Gasteiger partial charge in [-0.3, -0.25) is 0 Å². The Balaban J connectivity index is 2.39. The van der Waals surface area contributed by atoms with Crippen molar-refractivity contribution in [3.63, 3.8) is 0 Å². The molecule has 0 radical (unpaired) electrons. The van der Waals surface area contributed by atoms with Crippen LogP contribution in [-0.4, -0.2) is 33.0 Å². The molecule has 0 bridgehead atoms. The Hall–Kier alpha value is -2.82. The number of hydrogen-bond donors (Lipinski definition) is 0. The maximum atomic E-state index is 12.0. The van der Waals surface area contributed by atoms with Crippen molar-refractivity contribution in [2.24, 2.45) is 4.99 Å². The highest BCUT2D eigenvalue weighted by Crippen LogP contribution is 2.20. The molecule has 0 heterocycles. The molecule has 0 aliphatic heterocycles. The molecule has 0 atom stereocenters. The number of aliphatic imine (C=N–C) groups is 1. The van der Waals surface area contributed by atoms with Crippen molar-refractivity contribution in [3.8, 4) is 11.5 Å². The number of esters is 1. The van der Waals surface area contributed by atoms with Crippen LogP contribution in [0.1, 0.15) is 5.56 Å². The standard InChI is InChI=1S/C17H17NO4/c1-20-14-8-4-12(5-9-14)16(17(19)22-3)18-13-6-10-15(21-2)11-7-13/h4-11H,1-3H3. The zero-order valence-electron chi connectivity index (χ0n) is 12.7.